The van der Waals surface area contributed by atoms with Crippen LogP contribution >= 0.6 is 0 Å². The van der Waals surface area contributed by atoms with E-state index in [-0.39, 0.29) is 6.03 Å². The smallest absolute Gasteiger partial charge is 0.321 e. The van der Waals surface area contributed by atoms with Crippen LogP contribution in [0.4, 0.5) is 10.5 Å². The van der Waals surface area contributed by atoms with E-state index in [1.807, 2.05) is 32.0 Å². The first-order valence-corrected chi connectivity index (χ1v) is 8.71. The minimum absolute atomic E-state index is 0.180. The number of carbonyl (C=O) groups is 1. The Balaban J connectivity index is 2.00. The summed E-state index contributed by atoms with van der Waals surface area (Å²) in [6.07, 6.45) is 1.19. The number of rotatable bonds is 2. The highest BCUT2D eigenvalue weighted by Gasteiger charge is 2.26. The van der Waals surface area contributed by atoms with E-state index in [1.54, 1.807) is 4.90 Å². The molecule has 7 heteroatoms. The SMILES string of the molecule is Cc1cccc(C)c1NC(=O)N1CCN(S(C)(=O)=O)CC1. The molecule has 0 aromatic heterocycles. The number of amides is 2. The molecule has 1 heterocycles. The first-order valence-electron chi connectivity index (χ1n) is 6.86. The number of piperazine rings is 1. The molecule has 1 aromatic carbocycles. The van der Waals surface area contributed by atoms with Crippen molar-refractivity contribution in [1.82, 2.24) is 9.21 Å². The summed E-state index contributed by atoms with van der Waals surface area (Å²) in [5.41, 5.74) is 2.85. The molecule has 0 atom stereocenters. The van der Waals surface area contributed by atoms with E-state index < -0.39 is 10.0 Å². The summed E-state index contributed by atoms with van der Waals surface area (Å²) < 4.78 is 24.3. The molecule has 1 saturated heterocycles. The van der Waals surface area contributed by atoms with Gasteiger partial charge in [0.05, 0.1) is 6.26 Å². The van der Waals surface area contributed by atoms with Crippen LogP contribution < -0.4 is 5.32 Å². The molecule has 1 aliphatic rings. The van der Waals surface area contributed by atoms with Gasteiger partial charge in [0.25, 0.3) is 0 Å². The number of benzene rings is 1. The monoisotopic (exact) mass is 311 g/mol. The summed E-state index contributed by atoms with van der Waals surface area (Å²) >= 11 is 0. The Morgan fingerprint density at radius 2 is 1.62 bits per heavy atom. The Morgan fingerprint density at radius 1 is 1.10 bits per heavy atom. The van der Waals surface area contributed by atoms with Crippen LogP contribution in [-0.4, -0.2) is 56.1 Å². The largest absolute Gasteiger partial charge is 0.322 e. The number of nitrogens with zero attached hydrogens (tertiary/aromatic N) is 2. The van der Waals surface area contributed by atoms with Crippen molar-refractivity contribution in [3.05, 3.63) is 29.3 Å². The number of nitrogens with one attached hydrogen (secondary N) is 1. The van der Waals surface area contributed by atoms with Crippen LogP contribution in [0.3, 0.4) is 0 Å². The molecule has 1 N–H and O–H groups in total. The number of para-hydroxylation sites is 1. The fourth-order valence-corrected chi connectivity index (χ4v) is 3.25. The van der Waals surface area contributed by atoms with Crippen molar-refractivity contribution in [1.29, 1.82) is 0 Å². The van der Waals surface area contributed by atoms with Crippen LogP contribution in [-0.2, 0) is 10.0 Å². The molecule has 0 saturated carbocycles. The van der Waals surface area contributed by atoms with Crippen LogP contribution in [0.5, 0.6) is 0 Å². The predicted octanol–water partition coefficient (Wildman–Crippen LogP) is 1.41. The fraction of sp³-hybridized carbons (Fsp3) is 0.500. The zero-order valence-electron chi connectivity index (χ0n) is 12.6. The number of urea groups is 1. The van der Waals surface area contributed by atoms with E-state index in [4.69, 9.17) is 0 Å². The average molecular weight is 311 g/mol. The Kier molecular flexibility index (Phi) is 4.53. The third kappa shape index (κ3) is 3.74. The second-order valence-electron chi connectivity index (χ2n) is 5.35. The maximum absolute atomic E-state index is 12.3. The maximum Gasteiger partial charge on any atom is 0.321 e. The van der Waals surface area contributed by atoms with Gasteiger partial charge in [-0.05, 0) is 25.0 Å². The lowest BCUT2D eigenvalue weighted by Gasteiger charge is -2.33. The third-order valence-corrected chi connectivity index (χ3v) is 5.01. The average Bonchev–Trinajstić information content (AvgIpc) is 2.42. The second kappa shape index (κ2) is 6.03. The van der Waals surface area contributed by atoms with Gasteiger partial charge in [-0.2, -0.15) is 4.31 Å². The molecule has 6 nitrogen and oxygen atoms in total. The third-order valence-electron chi connectivity index (χ3n) is 3.71. The van der Waals surface area contributed by atoms with Crippen LogP contribution in [0, 0.1) is 13.8 Å². The van der Waals surface area contributed by atoms with Gasteiger partial charge in [0.15, 0.2) is 0 Å². The summed E-state index contributed by atoms with van der Waals surface area (Å²) in [5, 5.41) is 2.92. The standard InChI is InChI=1S/C14H21N3O3S/c1-11-5-4-6-12(2)13(11)15-14(18)16-7-9-17(10-8-16)21(3,19)20/h4-6H,7-10H2,1-3H3,(H,15,18). The van der Waals surface area contributed by atoms with Gasteiger partial charge in [-0.3, -0.25) is 0 Å². The molecular weight excluding hydrogens is 290 g/mol. The highest BCUT2D eigenvalue weighted by atomic mass is 32.2. The number of hydrogen-bond acceptors (Lipinski definition) is 3. The van der Waals surface area contributed by atoms with E-state index in [1.165, 1.54) is 10.6 Å². The lowest BCUT2D eigenvalue weighted by atomic mass is 10.1. The highest BCUT2D eigenvalue weighted by molar-refractivity contribution is 7.88. The summed E-state index contributed by atoms with van der Waals surface area (Å²) in [4.78, 5) is 13.9. The predicted molar refractivity (Wildman–Crippen MR) is 82.9 cm³/mol. The van der Waals surface area contributed by atoms with Gasteiger partial charge < -0.3 is 10.2 Å². The van der Waals surface area contributed by atoms with Crippen LogP contribution in [0.15, 0.2) is 18.2 Å². The molecule has 21 heavy (non-hydrogen) atoms. The zero-order valence-corrected chi connectivity index (χ0v) is 13.4. The van der Waals surface area contributed by atoms with E-state index in [2.05, 4.69) is 5.32 Å². The second-order valence-corrected chi connectivity index (χ2v) is 7.33. The molecule has 0 spiro atoms. The molecule has 2 amide bonds. The van der Waals surface area contributed by atoms with Crippen molar-refractivity contribution in [3.8, 4) is 0 Å². The van der Waals surface area contributed by atoms with Crippen LogP contribution in [0.2, 0.25) is 0 Å². The number of aryl methyl sites for hydroxylation is 2. The molecule has 1 fully saturated rings. The van der Waals surface area contributed by atoms with Crippen molar-refractivity contribution in [2.24, 2.45) is 0 Å². The Hall–Kier alpha value is -1.60. The number of sulfonamides is 1. The molecule has 0 radical (unpaired) electrons. The first kappa shape index (κ1) is 15.8. The molecule has 116 valence electrons. The Bertz CT molecular complexity index is 615. The van der Waals surface area contributed by atoms with Gasteiger partial charge in [-0.15, -0.1) is 0 Å². The lowest BCUT2D eigenvalue weighted by Crippen LogP contribution is -2.51. The van der Waals surface area contributed by atoms with Crippen LogP contribution in [0.1, 0.15) is 11.1 Å². The molecule has 2 rings (SSSR count). The highest BCUT2D eigenvalue weighted by Crippen LogP contribution is 2.20. The first-order chi connectivity index (χ1) is 9.79. The minimum atomic E-state index is -3.17. The van der Waals surface area contributed by atoms with Crippen molar-refractivity contribution in [2.45, 2.75) is 13.8 Å². The van der Waals surface area contributed by atoms with Crippen molar-refractivity contribution in [2.75, 3.05) is 37.8 Å². The summed E-state index contributed by atoms with van der Waals surface area (Å²) in [7, 11) is -3.17. The Labute approximate surface area is 125 Å². The number of hydrogen-bond donors (Lipinski definition) is 1. The van der Waals surface area contributed by atoms with Gasteiger partial charge >= 0.3 is 6.03 Å². The normalized spacial score (nSPS) is 16.8. The van der Waals surface area contributed by atoms with Crippen molar-refractivity contribution in [3.63, 3.8) is 0 Å². The lowest BCUT2D eigenvalue weighted by molar-refractivity contribution is 0.184. The van der Waals surface area contributed by atoms with Gasteiger partial charge in [0, 0.05) is 31.9 Å². The Morgan fingerprint density at radius 3 is 2.10 bits per heavy atom. The van der Waals surface area contributed by atoms with Gasteiger partial charge in [-0.25, -0.2) is 13.2 Å². The molecule has 0 bridgehead atoms. The molecule has 1 aromatic rings. The number of carbonyl (C=O) groups excluding carboxylic acids is 1. The van der Waals surface area contributed by atoms with Gasteiger partial charge in [0.1, 0.15) is 0 Å². The molecular formula is C14H21N3O3S. The van der Waals surface area contributed by atoms with Crippen molar-refractivity contribution < 1.29 is 13.2 Å². The summed E-state index contributed by atoms with van der Waals surface area (Å²) in [6, 6.07) is 5.67. The van der Waals surface area contributed by atoms with E-state index in [0.717, 1.165) is 16.8 Å². The molecule has 0 unspecified atom stereocenters. The minimum Gasteiger partial charge on any atom is -0.322 e. The maximum atomic E-state index is 12.3. The van der Waals surface area contributed by atoms with E-state index in [0.29, 0.717) is 26.2 Å². The van der Waals surface area contributed by atoms with Gasteiger partial charge in [0.2, 0.25) is 10.0 Å². The topological polar surface area (TPSA) is 69.7 Å². The van der Waals surface area contributed by atoms with Gasteiger partial charge in [-0.1, -0.05) is 18.2 Å². The summed E-state index contributed by atoms with van der Waals surface area (Å²) in [6.45, 7) is 5.40. The van der Waals surface area contributed by atoms with Crippen molar-refractivity contribution >= 4 is 21.7 Å². The van der Waals surface area contributed by atoms with E-state index >= 15 is 0 Å². The number of anilines is 1. The molecule has 0 aliphatic carbocycles. The zero-order chi connectivity index (χ0) is 15.6. The molecule has 1 aliphatic heterocycles. The quantitative estimate of drug-likeness (QED) is 0.898. The summed E-state index contributed by atoms with van der Waals surface area (Å²) in [5.74, 6) is 0. The van der Waals surface area contributed by atoms with E-state index in [9.17, 15) is 13.2 Å². The fourth-order valence-electron chi connectivity index (χ4n) is 2.42. The van der Waals surface area contributed by atoms with Crippen LogP contribution in [0.25, 0.3) is 0 Å².